The highest BCUT2D eigenvalue weighted by Gasteiger charge is 2.13. The summed E-state index contributed by atoms with van der Waals surface area (Å²) in [6.07, 6.45) is 2.19. The largest absolute Gasteiger partial charge is 0.395 e. The van der Waals surface area contributed by atoms with E-state index in [4.69, 9.17) is 5.11 Å². The third kappa shape index (κ3) is 5.17. The van der Waals surface area contributed by atoms with Gasteiger partial charge in [-0.1, -0.05) is 0 Å². The minimum atomic E-state index is 0.279. The van der Waals surface area contributed by atoms with Crippen molar-refractivity contribution in [2.24, 2.45) is 0 Å². The molecule has 1 N–H and O–H groups in total. The molecule has 1 saturated heterocycles. The van der Waals surface area contributed by atoms with E-state index in [1.165, 1.54) is 13.0 Å². The van der Waals surface area contributed by atoms with Gasteiger partial charge in [-0.2, -0.15) is 0 Å². The van der Waals surface area contributed by atoms with Gasteiger partial charge in [-0.15, -0.1) is 11.8 Å². The van der Waals surface area contributed by atoms with Crippen LogP contribution in [-0.4, -0.2) is 60.8 Å². The molecule has 1 rings (SSSR count). The molecule has 0 spiro atoms. The number of aliphatic hydroxyl groups is 1. The van der Waals surface area contributed by atoms with Crippen LogP contribution in [0.4, 0.5) is 0 Å². The first-order chi connectivity index (χ1) is 7.36. The molecule has 0 atom stereocenters. The Morgan fingerprint density at radius 2 is 1.73 bits per heavy atom. The molecule has 0 amide bonds. The van der Waals surface area contributed by atoms with Gasteiger partial charge in [0.1, 0.15) is 0 Å². The van der Waals surface area contributed by atoms with Gasteiger partial charge in [0, 0.05) is 32.6 Å². The monoisotopic (exact) mass is 210 g/mol. The summed E-state index contributed by atoms with van der Waals surface area (Å²) in [7, 11) is 0. The lowest BCUT2D eigenvalue weighted by Crippen LogP contribution is -2.32. The highest BCUT2D eigenvalue weighted by atomic mass is 16.3. The summed E-state index contributed by atoms with van der Waals surface area (Å²) in [5.41, 5.74) is 0. The fourth-order valence-corrected chi connectivity index (χ4v) is 1.95. The quantitative estimate of drug-likeness (QED) is 0.680. The Hall–Kier alpha value is -0.560. The molecule has 1 aliphatic heterocycles. The minimum absolute atomic E-state index is 0.279. The molecular weight excluding hydrogens is 188 g/mol. The molecule has 1 aliphatic rings. The molecular formula is C12H22N2O. The highest BCUT2D eigenvalue weighted by molar-refractivity contribution is 4.95. The zero-order chi connectivity index (χ0) is 10.9. The summed E-state index contributed by atoms with van der Waals surface area (Å²) in [6, 6.07) is 0. The lowest BCUT2D eigenvalue weighted by molar-refractivity contribution is 0.197. The maximum Gasteiger partial charge on any atom is 0.0558 e. The molecule has 3 nitrogen and oxygen atoms in total. The van der Waals surface area contributed by atoms with E-state index in [-0.39, 0.29) is 6.61 Å². The average Bonchev–Trinajstić information content (AvgIpc) is 2.45. The van der Waals surface area contributed by atoms with E-state index in [0.29, 0.717) is 0 Å². The van der Waals surface area contributed by atoms with Crippen molar-refractivity contribution in [1.29, 1.82) is 0 Å². The van der Waals surface area contributed by atoms with Crippen LogP contribution in [-0.2, 0) is 0 Å². The van der Waals surface area contributed by atoms with Crippen LogP contribution in [0.25, 0.3) is 0 Å². The Labute approximate surface area is 93.1 Å². The van der Waals surface area contributed by atoms with Crippen molar-refractivity contribution in [3.05, 3.63) is 0 Å². The molecule has 0 radical (unpaired) electrons. The van der Waals surface area contributed by atoms with E-state index < -0.39 is 0 Å². The van der Waals surface area contributed by atoms with Crippen LogP contribution in [0.5, 0.6) is 0 Å². The average molecular weight is 210 g/mol. The van der Waals surface area contributed by atoms with Crippen LogP contribution in [0.15, 0.2) is 0 Å². The summed E-state index contributed by atoms with van der Waals surface area (Å²) in [6.45, 7) is 8.58. The molecule has 0 aromatic heterocycles. The molecule has 1 fully saturated rings. The molecule has 15 heavy (non-hydrogen) atoms. The zero-order valence-electron chi connectivity index (χ0n) is 9.71. The van der Waals surface area contributed by atoms with Crippen molar-refractivity contribution in [3.63, 3.8) is 0 Å². The Balaban J connectivity index is 2.22. The third-order valence-electron chi connectivity index (χ3n) is 2.83. The molecule has 0 aliphatic carbocycles. The fourth-order valence-electron chi connectivity index (χ4n) is 1.95. The summed E-state index contributed by atoms with van der Waals surface area (Å²) >= 11 is 0. The van der Waals surface area contributed by atoms with Gasteiger partial charge in [0.2, 0.25) is 0 Å². The van der Waals surface area contributed by atoms with Gasteiger partial charge in [-0.3, -0.25) is 4.90 Å². The van der Waals surface area contributed by atoms with Gasteiger partial charge in [0.05, 0.1) is 6.61 Å². The molecule has 86 valence electrons. The van der Waals surface area contributed by atoms with Crippen LogP contribution in [0, 0.1) is 11.8 Å². The highest BCUT2D eigenvalue weighted by Crippen LogP contribution is 2.02. The molecule has 0 aromatic carbocycles. The lowest BCUT2D eigenvalue weighted by atomic mass is 10.3. The minimum Gasteiger partial charge on any atom is -0.395 e. The maximum atomic E-state index is 8.88. The van der Waals surface area contributed by atoms with E-state index in [2.05, 4.69) is 21.6 Å². The molecule has 3 heteroatoms. The predicted molar refractivity (Wildman–Crippen MR) is 62.6 cm³/mol. The van der Waals surface area contributed by atoms with E-state index in [0.717, 1.165) is 39.1 Å². The fraction of sp³-hybridized carbons (Fsp3) is 0.833. The summed E-state index contributed by atoms with van der Waals surface area (Å²) in [5.74, 6) is 6.04. The standard InChI is InChI=1S/C12H22N2O/c1-2-3-4-6-13-7-5-8-14(10-9-13)11-12-15/h15H,4-12H2,1H3. The van der Waals surface area contributed by atoms with Crippen molar-refractivity contribution in [3.8, 4) is 11.8 Å². The van der Waals surface area contributed by atoms with Crippen LogP contribution < -0.4 is 0 Å². The lowest BCUT2D eigenvalue weighted by Gasteiger charge is -2.20. The second-order valence-corrected chi connectivity index (χ2v) is 3.94. The topological polar surface area (TPSA) is 26.7 Å². The smallest absolute Gasteiger partial charge is 0.0558 e. The van der Waals surface area contributed by atoms with E-state index >= 15 is 0 Å². The van der Waals surface area contributed by atoms with E-state index in [1.54, 1.807) is 0 Å². The van der Waals surface area contributed by atoms with Gasteiger partial charge in [-0.05, 0) is 26.4 Å². The second kappa shape index (κ2) is 7.70. The number of aliphatic hydroxyl groups excluding tert-OH is 1. The Kier molecular flexibility index (Phi) is 6.42. The van der Waals surface area contributed by atoms with Gasteiger partial charge in [-0.25, -0.2) is 0 Å². The van der Waals surface area contributed by atoms with Crippen LogP contribution in [0.1, 0.15) is 19.8 Å². The van der Waals surface area contributed by atoms with Gasteiger partial charge >= 0.3 is 0 Å². The zero-order valence-corrected chi connectivity index (χ0v) is 9.71. The number of nitrogens with zero attached hydrogens (tertiary/aromatic N) is 2. The second-order valence-electron chi connectivity index (χ2n) is 3.94. The summed E-state index contributed by atoms with van der Waals surface area (Å²) < 4.78 is 0. The number of hydrogen-bond acceptors (Lipinski definition) is 3. The SMILES string of the molecule is CC#CCCN1CCCN(CCO)CC1. The molecule has 0 saturated carbocycles. The van der Waals surface area contributed by atoms with Crippen LogP contribution in [0.3, 0.4) is 0 Å². The Bertz CT molecular complexity index is 219. The normalized spacial score (nSPS) is 19.3. The predicted octanol–water partition coefficient (Wildman–Crippen LogP) is 0.400. The number of rotatable bonds is 4. The van der Waals surface area contributed by atoms with E-state index in [1.807, 2.05) is 6.92 Å². The van der Waals surface area contributed by atoms with Crippen molar-refractivity contribution >= 4 is 0 Å². The van der Waals surface area contributed by atoms with E-state index in [9.17, 15) is 0 Å². The van der Waals surface area contributed by atoms with Gasteiger partial charge in [0.15, 0.2) is 0 Å². The van der Waals surface area contributed by atoms with Crippen molar-refractivity contribution in [2.75, 3.05) is 45.9 Å². The number of β-amino-alcohol motifs (C(OH)–C–C–N with tert-alkyl or cyclic N) is 1. The van der Waals surface area contributed by atoms with Crippen molar-refractivity contribution in [1.82, 2.24) is 9.80 Å². The Morgan fingerprint density at radius 1 is 1.07 bits per heavy atom. The molecule has 0 aromatic rings. The Morgan fingerprint density at radius 3 is 2.33 bits per heavy atom. The summed E-state index contributed by atoms with van der Waals surface area (Å²) in [5, 5.41) is 8.88. The number of hydrogen-bond donors (Lipinski definition) is 1. The van der Waals surface area contributed by atoms with Crippen LogP contribution >= 0.6 is 0 Å². The first-order valence-corrected chi connectivity index (χ1v) is 5.82. The van der Waals surface area contributed by atoms with Crippen molar-refractivity contribution in [2.45, 2.75) is 19.8 Å². The molecule has 0 bridgehead atoms. The van der Waals surface area contributed by atoms with Gasteiger partial charge in [0.25, 0.3) is 0 Å². The van der Waals surface area contributed by atoms with Crippen molar-refractivity contribution < 1.29 is 5.11 Å². The summed E-state index contributed by atoms with van der Waals surface area (Å²) in [4.78, 5) is 4.81. The molecule has 1 heterocycles. The molecule has 0 unspecified atom stereocenters. The van der Waals surface area contributed by atoms with Gasteiger partial charge < -0.3 is 10.0 Å². The third-order valence-corrected chi connectivity index (χ3v) is 2.83. The first kappa shape index (κ1) is 12.5. The first-order valence-electron chi connectivity index (χ1n) is 5.82. The van der Waals surface area contributed by atoms with Crippen LogP contribution in [0.2, 0.25) is 0 Å². The maximum absolute atomic E-state index is 8.88.